The first kappa shape index (κ1) is 23.2. The number of halogens is 2. The van der Waals surface area contributed by atoms with E-state index < -0.39 is 18.4 Å². The first-order valence-corrected chi connectivity index (χ1v) is 10.3. The highest BCUT2D eigenvalue weighted by molar-refractivity contribution is 5.94. The molecule has 3 rings (SSSR count). The molecule has 1 aliphatic carbocycles. The van der Waals surface area contributed by atoms with E-state index in [1.165, 1.54) is 25.4 Å². The van der Waals surface area contributed by atoms with E-state index in [1.807, 2.05) is 6.92 Å². The first-order chi connectivity index (χ1) is 15.2. The average molecular weight is 445 g/mol. The number of rotatable bonds is 10. The molecule has 2 heterocycles. The molecule has 0 atom stereocenters. The van der Waals surface area contributed by atoms with Crippen LogP contribution in [0.4, 0.5) is 14.7 Å². The summed E-state index contributed by atoms with van der Waals surface area (Å²) in [5.41, 5.74) is 1.14. The summed E-state index contributed by atoms with van der Waals surface area (Å²) in [7, 11) is 0. The first-order valence-electron chi connectivity index (χ1n) is 10.3. The van der Waals surface area contributed by atoms with Crippen LogP contribution in [0.15, 0.2) is 36.7 Å². The molecule has 2 aromatic heterocycles. The smallest absolute Gasteiger partial charge is 0.302 e. The zero-order valence-electron chi connectivity index (χ0n) is 18.0. The zero-order valence-corrected chi connectivity index (χ0v) is 18.0. The lowest BCUT2D eigenvalue weighted by Gasteiger charge is -2.18. The molecule has 10 heteroatoms. The molecule has 0 saturated heterocycles. The average Bonchev–Trinajstić information content (AvgIpc) is 3.62. The van der Waals surface area contributed by atoms with Gasteiger partial charge in [0.05, 0.1) is 0 Å². The number of alkyl halides is 2. The summed E-state index contributed by atoms with van der Waals surface area (Å²) in [5.74, 6) is -3.55. The van der Waals surface area contributed by atoms with E-state index in [2.05, 4.69) is 32.2 Å². The van der Waals surface area contributed by atoms with E-state index in [0.717, 1.165) is 12.8 Å². The highest BCUT2D eigenvalue weighted by Crippen LogP contribution is 2.29. The van der Waals surface area contributed by atoms with Gasteiger partial charge in [-0.2, -0.15) is 8.78 Å². The third-order valence-corrected chi connectivity index (χ3v) is 4.90. The molecule has 170 valence electrons. The van der Waals surface area contributed by atoms with E-state index in [1.54, 1.807) is 6.07 Å². The summed E-state index contributed by atoms with van der Waals surface area (Å²) >= 11 is 0. The molecule has 0 unspecified atom stereocenters. The number of nitrogens with zero attached hydrogens (tertiary/aromatic N) is 3. The number of carbonyl (C=O) groups is 2. The van der Waals surface area contributed by atoms with E-state index >= 15 is 0 Å². The van der Waals surface area contributed by atoms with Crippen LogP contribution in [0.1, 0.15) is 48.3 Å². The van der Waals surface area contributed by atoms with Gasteiger partial charge in [-0.15, -0.1) is 0 Å². The van der Waals surface area contributed by atoms with Crippen LogP contribution in [0.5, 0.6) is 5.88 Å². The van der Waals surface area contributed by atoms with Crippen LogP contribution < -0.4 is 15.4 Å². The van der Waals surface area contributed by atoms with Crippen molar-refractivity contribution in [2.45, 2.75) is 45.6 Å². The summed E-state index contributed by atoms with van der Waals surface area (Å²) in [6.45, 7) is 5.67. The Kier molecular flexibility index (Phi) is 7.12. The topological polar surface area (TPSA) is 106 Å². The second-order valence-corrected chi connectivity index (χ2v) is 7.65. The fraction of sp³-hybridized carbons (Fsp3) is 0.409. The number of anilines is 1. The van der Waals surface area contributed by atoms with Crippen molar-refractivity contribution in [3.8, 4) is 5.88 Å². The normalized spacial score (nSPS) is 13.4. The monoisotopic (exact) mass is 445 g/mol. The summed E-state index contributed by atoms with van der Waals surface area (Å²) in [4.78, 5) is 36.4. The number of hydrogen-bond acceptors (Lipinski definition) is 6. The van der Waals surface area contributed by atoms with Crippen LogP contribution in [0.2, 0.25) is 0 Å². The number of pyridine rings is 1. The number of hydrogen-bond donors (Lipinski definition) is 2. The van der Waals surface area contributed by atoms with Crippen LogP contribution in [0, 0.1) is 5.92 Å². The Morgan fingerprint density at radius 2 is 2.06 bits per heavy atom. The number of ether oxygens (including phenoxy) is 1. The quantitative estimate of drug-likeness (QED) is 0.544. The van der Waals surface area contributed by atoms with E-state index in [4.69, 9.17) is 4.74 Å². The number of amides is 2. The highest BCUT2D eigenvalue weighted by atomic mass is 19.3. The third kappa shape index (κ3) is 6.05. The molecule has 8 nitrogen and oxygen atoms in total. The van der Waals surface area contributed by atoms with Gasteiger partial charge in [0.1, 0.15) is 5.69 Å². The zero-order chi connectivity index (χ0) is 23.3. The Morgan fingerprint density at radius 1 is 1.31 bits per heavy atom. The molecule has 1 fully saturated rings. The lowest BCUT2D eigenvalue weighted by molar-refractivity contribution is -0.117. The van der Waals surface area contributed by atoms with Gasteiger partial charge in [0, 0.05) is 30.4 Å². The van der Waals surface area contributed by atoms with Gasteiger partial charge in [-0.1, -0.05) is 13.5 Å². The Labute approximate surface area is 184 Å². The third-order valence-electron chi connectivity index (χ3n) is 4.90. The number of aromatic nitrogens is 3. The van der Waals surface area contributed by atoms with Gasteiger partial charge in [0.25, 0.3) is 5.91 Å². The predicted molar refractivity (Wildman–Crippen MR) is 113 cm³/mol. The Balaban J connectivity index is 1.59. The van der Waals surface area contributed by atoms with E-state index in [9.17, 15) is 18.4 Å². The van der Waals surface area contributed by atoms with Crippen molar-refractivity contribution in [3.63, 3.8) is 0 Å². The molecule has 2 aromatic rings. The molecule has 0 radical (unpaired) electrons. The lowest BCUT2D eigenvalue weighted by Crippen LogP contribution is -2.27. The van der Waals surface area contributed by atoms with Crippen molar-refractivity contribution in [1.29, 1.82) is 0 Å². The van der Waals surface area contributed by atoms with Crippen molar-refractivity contribution in [1.82, 2.24) is 20.3 Å². The molecule has 1 aliphatic rings. The maximum Gasteiger partial charge on any atom is 0.302 e. The van der Waals surface area contributed by atoms with E-state index in [0.29, 0.717) is 17.5 Å². The molecule has 2 amide bonds. The van der Waals surface area contributed by atoms with Crippen LogP contribution >= 0.6 is 0 Å². The fourth-order valence-corrected chi connectivity index (χ4v) is 2.69. The van der Waals surface area contributed by atoms with Gasteiger partial charge in [0.2, 0.25) is 17.7 Å². The van der Waals surface area contributed by atoms with Crippen LogP contribution in [0.25, 0.3) is 0 Å². The summed E-state index contributed by atoms with van der Waals surface area (Å²) in [6.07, 6.45) is 5.06. The van der Waals surface area contributed by atoms with Crippen molar-refractivity contribution in [2.75, 3.05) is 11.9 Å². The van der Waals surface area contributed by atoms with Crippen molar-refractivity contribution < 1.29 is 23.1 Å². The van der Waals surface area contributed by atoms with Gasteiger partial charge >= 0.3 is 5.92 Å². The summed E-state index contributed by atoms with van der Waals surface area (Å²) < 4.78 is 32.7. The molecule has 0 aliphatic heterocycles. The van der Waals surface area contributed by atoms with Crippen molar-refractivity contribution in [2.24, 2.45) is 5.92 Å². The molecular weight excluding hydrogens is 420 g/mol. The van der Waals surface area contributed by atoms with Gasteiger partial charge in [-0.05, 0) is 49.5 Å². The second kappa shape index (κ2) is 9.80. The van der Waals surface area contributed by atoms with Gasteiger partial charge in [0.15, 0.2) is 6.61 Å². The predicted octanol–water partition coefficient (Wildman–Crippen LogP) is 3.30. The minimum atomic E-state index is -3.14. The van der Waals surface area contributed by atoms with Crippen LogP contribution in [-0.4, -0.2) is 39.3 Å². The van der Waals surface area contributed by atoms with Crippen molar-refractivity contribution >= 4 is 17.8 Å². The van der Waals surface area contributed by atoms with Crippen LogP contribution in [0.3, 0.4) is 0 Å². The minimum Gasteiger partial charge on any atom is -0.471 e. The van der Waals surface area contributed by atoms with E-state index in [-0.39, 0.29) is 41.5 Å². The van der Waals surface area contributed by atoms with Crippen LogP contribution in [-0.2, 0) is 17.8 Å². The number of carbonyl (C=O) groups excluding carboxylic acids is 2. The highest BCUT2D eigenvalue weighted by Gasteiger charge is 2.32. The molecule has 0 aromatic carbocycles. The largest absolute Gasteiger partial charge is 0.471 e. The molecule has 1 saturated carbocycles. The molecule has 0 bridgehead atoms. The SMILES string of the molecule is C=C(C)C(F)(F)COc1ncc(CNC(=O)c2ccnc(NC(=O)C3CC3)n2)cc1CC. The summed E-state index contributed by atoms with van der Waals surface area (Å²) in [6, 6.07) is 3.18. The van der Waals surface area contributed by atoms with Gasteiger partial charge < -0.3 is 10.1 Å². The Hall–Kier alpha value is -3.43. The Morgan fingerprint density at radius 3 is 2.72 bits per heavy atom. The summed E-state index contributed by atoms with van der Waals surface area (Å²) in [5, 5.41) is 5.32. The number of aryl methyl sites for hydroxylation is 1. The molecule has 32 heavy (non-hydrogen) atoms. The maximum atomic E-state index is 13.7. The minimum absolute atomic E-state index is 0.00434. The van der Waals surface area contributed by atoms with Crippen molar-refractivity contribution in [3.05, 3.63) is 53.5 Å². The van der Waals surface area contributed by atoms with Gasteiger partial charge in [-0.3, -0.25) is 14.9 Å². The van der Waals surface area contributed by atoms with Gasteiger partial charge in [-0.25, -0.2) is 15.0 Å². The number of nitrogens with one attached hydrogen (secondary N) is 2. The Bertz CT molecular complexity index is 1020. The fourth-order valence-electron chi connectivity index (χ4n) is 2.69. The lowest BCUT2D eigenvalue weighted by atomic mass is 10.1. The maximum absolute atomic E-state index is 13.7. The molecule has 0 spiro atoms. The standard InChI is InChI=1S/C22H25F2N5O3/c1-4-15-9-14(11-27-20(15)32-12-22(23,24)13(2)3)10-26-19(31)17-7-8-25-21(28-17)29-18(30)16-5-6-16/h7-9,11,16H,2,4-6,10,12H2,1,3H3,(H,26,31)(H,25,28,29,30). The molecular formula is C22H25F2N5O3. The molecule has 2 N–H and O–H groups in total. The second-order valence-electron chi connectivity index (χ2n) is 7.65.